The Morgan fingerprint density at radius 3 is 2.64 bits per heavy atom. The van der Waals surface area contributed by atoms with Crippen molar-refractivity contribution >= 4 is 23.2 Å². The second-order valence-electron chi connectivity index (χ2n) is 6.05. The van der Waals surface area contributed by atoms with Crippen LogP contribution in [0.3, 0.4) is 0 Å². The highest BCUT2D eigenvalue weighted by molar-refractivity contribution is 6.02. The van der Waals surface area contributed by atoms with Crippen LogP contribution in [-0.2, 0) is 22.4 Å². The number of methoxy groups -OCH3 is 1. The molecule has 0 aromatic heterocycles. The molecule has 2 aromatic carbocycles. The number of nitrogens with zero attached hydrogens (tertiary/aromatic N) is 1. The Labute approximate surface area is 147 Å². The first-order chi connectivity index (χ1) is 12.1. The standard InChI is InChI=1S/C20H22N2O3/c1-3-22-18-10-7-16(12-15(18)13-20(22)24)21-19(23)11-6-14-4-8-17(25-2)9-5-14/h4-5,7-10,12H,3,6,11,13H2,1-2H3,(H,21,23). The third kappa shape index (κ3) is 3.82. The van der Waals surface area contributed by atoms with Gasteiger partial charge in [0.1, 0.15) is 5.75 Å². The fourth-order valence-electron chi connectivity index (χ4n) is 3.08. The molecular weight excluding hydrogens is 316 g/mol. The first kappa shape index (κ1) is 17.0. The van der Waals surface area contributed by atoms with Gasteiger partial charge in [-0.05, 0) is 54.8 Å². The highest BCUT2D eigenvalue weighted by Gasteiger charge is 2.25. The summed E-state index contributed by atoms with van der Waals surface area (Å²) < 4.78 is 5.13. The van der Waals surface area contributed by atoms with Gasteiger partial charge in [0.25, 0.3) is 0 Å². The molecule has 0 atom stereocenters. The number of carbonyl (C=O) groups is 2. The molecule has 0 saturated carbocycles. The number of rotatable bonds is 6. The van der Waals surface area contributed by atoms with E-state index in [9.17, 15) is 9.59 Å². The lowest BCUT2D eigenvalue weighted by molar-refractivity contribution is -0.117. The Bertz CT molecular complexity index is 784. The zero-order chi connectivity index (χ0) is 17.8. The summed E-state index contributed by atoms with van der Waals surface area (Å²) in [6, 6.07) is 13.4. The maximum atomic E-state index is 12.2. The van der Waals surface area contributed by atoms with Gasteiger partial charge in [-0.15, -0.1) is 0 Å². The summed E-state index contributed by atoms with van der Waals surface area (Å²) in [6.07, 6.45) is 1.48. The van der Waals surface area contributed by atoms with E-state index in [1.807, 2.05) is 49.4 Å². The van der Waals surface area contributed by atoms with Crippen molar-refractivity contribution < 1.29 is 14.3 Å². The third-order valence-corrected chi connectivity index (χ3v) is 4.41. The first-order valence-electron chi connectivity index (χ1n) is 8.46. The molecule has 1 N–H and O–H groups in total. The second-order valence-corrected chi connectivity index (χ2v) is 6.05. The Morgan fingerprint density at radius 2 is 1.96 bits per heavy atom. The van der Waals surface area contributed by atoms with Gasteiger partial charge >= 0.3 is 0 Å². The number of nitrogens with one attached hydrogen (secondary N) is 1. The number of fused-ring (bicyclic) bond motifs is 1. The van der Waals surface area contributed by atoms with Crippen LogP contribution in [-0.4, -0.2) is 25.5 Å². The number of carbonyl (C=O) groups excluding carboxylic acids is 2. The molecule has 1 aliphatic rings. The van der Waals surface area contributed by atoms with Crippen molar-refractivity contribution in [3.05, 3.63) is 53.6 Å². The SMILES string of the molecule is CCN1C(=O)Cc2cc(NC(=O)CCc3ccc(OC)cc3)ccc21. The van der Waals surface area contributed by atoms with Crippen molar-refractivity contribution in [2.45, 2.75) is 26.2 Å². The Kier molecular flexibility index (Phi) is 5.03. The molecule has 0 aliphatic carbocycles. The average molecular weight is 338 g/mol. The van der Waals surface area contributed by atoms with Gasteiger partial charge in [0.2, 0.25) is 11.8 Å². The number of hydrogen-bond acceptors (Lipinski definition) is 3. The van der Waals surface area contributed by atoms with E-state index in [2.05, 4.69) is 5.32 Å². The van der Waals surface area contributed by atoms with Crippen LogP contribution in [0, 0.1) is 0 Å². The monoisotopic (exact) mass is 338 g/mol. The fraction of sp³-hybridized carbons (Fsp3) is 0.300. The smallest absolute Gasteiger partial charge is 0.231 e. The number of ether oxygens (including phenoxy) is 1. The van der Waals surface area contributed by atoms with E-state index in [1.165, 1.54) is 0 Å². The molecule has 1 heterocycles. The highest BCUT2D eigenvalue weighted by atomic mass is 16.5. The van der Waals surface area contributed by atoms with Crippen molar-refractivity contribution in [2.24, 2.45) is 0 Å². The molecule has 0 unspecified atom stereocenters. The summed E-state index contributed by atoms with van der Waals surface area (Å²) >= 11 is 0. The molecule has 1 aliphatic heterocycles. The van der Waals surface area contributed by atoms with Crippen LogP contribution >= 0.6 is 0 Å². The largest absolute Gasteiger partial charge is 0.497 e. The normalized spacial score (nSPS) is 12.9. The van der Waals surface area contributed by atoms with Gasteiger partial charge in [0.15, 0.2) is 0 Å². The molecule has 0 fully saturated rings. The van der Waals surface area contributed by atoms with Crippen molar-refractivity contribution in [3.8, 4) is 5.75 Å². The van der Waals surface area contributed by atoms with Gasteiger partial charge in [-0.3, -0.25) is 9.59 Å². The van der Waals surface area contributed by atoms with Gasteiger partial charge in [0, 0.05) is 24.3 Å². The van der Waals surface area contributed by atoms with E-state index in [1.54, 1.807) is 12.0 Å². The van der Waals surface area contributed by atoms with E-state index in [-0.39, 0.29) is 11.8 Å². The van der Waals surface area contributed by atoms with Crippen LogP contribution in [0.15, 0.2) is 42.5 Å². The second kappa shape index (κ2) is 7.38. The Hall–Kier alpha value is -2.82. The maximum absolute atomic E-state index is 12.2. The summed E-state index contributed by atoms with van der Waals surface area (Å²) in [4.78, 5) is 25.9. The van der Waals surface area contributed by atoms with E-state index in [0.717, 1.165) is 28.3 Å². The molecule has 3 rings (SSSR count). The molecule has 0 spiro atoms. The minimum absolute atomic E-state index is 0.0348. The average Bonchev–Trinajstić information content (AvgIpc) is 2.94. The zero-order valence-electron chi connectivity index (χ0n) is 14.5. The predicted octanol–water partition coefficient (Wildman–Crippen LogP) is 3.18. The highest BCUT2D eigenvalue weighted by Crippen LogP contribution is 2.31. The quantitative estimate of drug-likeness (QED) is 0.880. The Balaban J connectivity index is 1.58. The zero-order valence-corrected chi connectivity index (χ0v) is 14.5. The molecule has 5 nitrogen and oxygen atoms in total. The number of anilines is 2. The van der Waals surface area contributed by atoms with Gasteiger partial charge in [-0.1, -0.05) is 12.1 Å². The summed E-state index contributed by atoms with van der Waals surface area (Å²) in [5.41, 5.74) is 3.75. The van der Waals surface area contributed by atoms with E-state index < -0.39 is 0 Å². The van der Waals surface area contributed by atoms with Crippen LogP contribution in [0.2, 0.25) is 0 Å². The molecule has 130 valence electrons. The first-order valence-corrected chi connectivity index (χ1v) is 8.46. The van der Waals surface area contributed by atoms with Gasteiger partial charge < -0.3 is 15.0 Å². The van der Waals surface area contributed by atoms with Crippen molar-refractivity contribution in [1.82, 2.24) is 0 Å². The van der Waals surface area contributed by atoms with Crippen LogP contribution < -0.4 is 15.0 Å². The number of benzene rings is 2. The topological polar surface area (TPSA) is 58.6 Å². The summed E-state index contributed by atoms with van der Waals surface area (Å²) in [5.74, 6) is 0.884. The fourth-order valence-corrected chi connectivity index (χ4v) is 3.08. The minimum Gasteiger partial charge on any atom is -0.497 e. The minimum atomic E-state index is -0.0348. The Morgan fingerprint density at radius 1 is 1.20 bits per heavy atom. The lowest BCUT2D eigenvalue weighted by atomic mass is 10.1. The molecule has 2 aromatic rings. The van der Waals surface area contributed by atoms with Crippen LogP contribution in [0.1, 0.15) is 24.5 Å². The number of likely N-dealkylation sites (N-methyl/N-ethyl adjacent to an activating group) is 1. The van der Waals surface area contributed by atoms with Crippen LogP contribution in [0.25, 0.3) is 0 Å². The molecule has 0 bridgehead atoms. The van der Waals surface area contributed by atoms with Gasteiger partial charge in [-0.25, -0.2) is 0 Å². The van der Waals surface area contributed by atoms with Gasteiger partial charge in [0.05, 0.1) is 13.5 Å². The number of aryl methyl sites for hydroxylation is 1. The molecule has 0 saturated heterocycles. The molecule has 2 amide bonds. The number of hydrogen-bond donors (Lipinski definition) is 1. The molecule has 5 heteroatoms. The predicted molar refractivity (Wildman–Crippen MR) is 98.1 cm³/mol. The summed E-state index contributed by atoms with van der Waals surface area (Å²) in [6.45, 7) is 2.63. The van der Waals surface area contributed by atoms with E-state index >= 15 is 0 Å². The van der Waals surface area contributed by atoms with Crippen molar-refractivity contribution in [3.63, 3.8) is 0 Å². The van der Waals surface area contributed by atoms with E-state index in [0.29, 0.717) is 25.8 Å². The maximum Gasteiger partial charge on any atom is 0.231 e. The lowest BCUT2D eigenvalue weighted by Crippen LogP contribution is -2.25. The molecular formula is C20H22N2O3. The van der Waals surface area contributed by atoms with Crippen molar-refractivity contribution in [2.75, 3.05) is 23.9 Å². The third-order valence-electron chi connectivity index (χ3n) is 4.41. The summed E-state index contributed by atoms with van der Waals surface area (Å²) in [5, 5.41) is 2.92. The summed E-state index contributed by atoms with van der Waals surface area (Å²) in [7, 11) is 1.63. The number of amides is 2. The lowest BCUT2D eigenvalue weighted by Gasteiger charge is -2.15. The van der Waals surface area contributed by atoms with Crippen molar-refractivity contribution in [1.29, 1.82) is 0 Å². The van der Waals surface area contributed by atoms with Crippen LogP contribution in [0.4, 0.5) is 11.4 Å². The molecule has 0 radical (unpaired) electrons. The van der Waals surface area contributed by atoms with Crippen LogP contribution in [0.5, 0.6) is 5.75 Å². The van der Waals surface area contributed by atoms with E-state index in [4.69, 9.17) is 4.74 Å². The molecule has 25 heavy (non-hydrogen) atoms. The van der Waals surface area contributed by atoms with Gasteiger partial charge in [-0.2, -0.15) is 0 Å².